The van der Waals surface area contributed by atoms with Crippen molar-refractivity contribution in [3.63, 3.8) is 0 Å². The van der Waals surface area contributed by atoms with Crippen molar-refractivity contribution in [1.82, 2.24) is 0 Å². The van der Waals surface area contributed by atoms with Gasteiger partial charge in [0.15, 0.2) is 6.29 Å². The van der Waals surface area contributed by atoms with Crippen LogP contribution < -0.4 is 0 Å². The van der Waals surface area contributed by atoms with Crippen LogP contribution in [0, 0.1) is 11.8 Å². The van der Waals surface area contributed by atoms with E-state index in [0.717, 1.165) is 0 Å². The van der Waals surface area contributed by atoms with Crippen molar-refractivity contribution >= 4 is 23.9 Å². The Bertz CT molecular complexity index is 440. The number of rotatable bonds is 1. The lowest BCUT2D eigenvalue weighted by molar-refractivity contribution is -0.103. The van der Waals surface area contributed by atoms with Gasteiger partial charge in [0.1, 0.15) is 0 Å². The van der Waals surface area contributed by atoms with Crippen molar-refractivity contribution in [3.05, 3.63) is 34.3 Å². The maximum absolute atomic E-state index is 10.7. The summed E-state index contributed by atoms with van der Waals surface area (Å²) in [5.74, 6) is 3.44. The topological polar surface area (TPSA) is 54.4 Å². The van der Waals surface area contributed by atoms with E-state index in [9.17, 15) is 9.59 Å². The molecule has 0 unspecified atom stereocenters. The lowest BCUT2D eigenvalue weighted by Crippen LogP contribution is -1.99. The van der Waals surface area contributed by atoms with E-state index >= 15 is 0 Å². The zero-order valence-corrected chi connectivity index (χ0v) is 7.71. The van der Waals surface area contributed by atoms with Gasteiger partial charge in [0.25, 0.3) is 0 Å². The smallest absolute Gasteiger partial charge is 0.336 e. The Morgan fingerprint density at radius 2 is 2.21 bits per heavy atom. The molecule has 0 spiro atoms. The first-order chi connectivity index (χ1) is 6.65. The molecule has 0 fully saturated rings. The van der Waals surface area contributed by atoms with Crippen molar-refractivity contribution < 1.29 is 14.7 Å². The summed E-state index contributed by atoms with van der Waals surface area (Å²) < 4.78 is 0. The Balaban J connectivity index is 3.29. The zero-order valence-electron chi connectivity index (χ0n) is 6.95. The number of carboxylic acids is 1. The van der Waals surface area contributed by atoms with Crippen LogP contribution in [0.15, 0.2) is 18.2 Å². The summed E-state index contributed by atoms with van der Waals surface area (Å²) >= 11 is 5.65. The van der Waals surface area contributed by atoms with Crippen LogP contribution in [-0.2, 0) is 4.79 Å². The molecule has 4 heteroatoms. The first-order valence-electron chi connectivity index (χ1n) is 3.63. The van der Waals surface area contributed by atoms with Crippen LogP contribution in [0.2, 0.25) is 5.02 Å². The lowest BCUT2D eigenvalue weighted by atomic mass is 10.1. The SMILES string of the molecule is O=CC#Cc1cc(Cl)ccc1C(=O)O. The number of hydrogen-bond acceptors (Lipinski definition) is 2. The van der Waals surface area contributed by atoms with Crippen molar-refractivity contribution in [2.45, 2.75) is 0 Å². The van der Waals surface area contributed by atoms with Gasteiger partial charge in [0.2, 0.25) is 0 Å². The third-order valence-electron chi connectivity index (χ3n) is 1.48. The van der Waals surface area contributed by atoms with Crippen LogP contribution in [0.4, 0.5) is 0 Å². The molecule has 0 saturated heterocycles. The van der Waals surface area contributed by atoms with Gasteiger partial charge in [-0.05, 0) is 24.1 Å². The number of carbonyl (C=O) groups is 2. The first-order valence-corrected chi connectivity index (χ1v) is 4.01. The summed E-state index contributed by atoms with van der Waals surface area (Å²) in [6.07, 6.45) is 0.395. The summed E-state index contributed by atoms with van der Waals surface area (Å²) in [5.41, 5.74) is 0.265. The average Bonchev–Trinajstić information content (AvgIpc) is 2.14. The first kappa shape index (κ1) is 10.3. The summed E-state index contributed by atoms with van der Waals surface area (Å²) in [6.45, 7) is 0. The molecule has 0 bridgehead atoms. The Morgan fingerprint density at radius 1 is 1.50 bits per heavy atom. The maximum Gasteiger partial charge on any atom is 0.336 e. The van der Waals surface area contributed by atoms with Crippen molar-refractivity contribution in [2.75, 3.05) is 0 Å². The fourth-order valence-electron chi connectivity index (χ4n) is 0.914. The van der Waals surface area contributed by atoms with E-state index in [1.54, 1.807) is 0 Å². The molecular formula is C10H5ClO3. The minimum Gasteiger partial charge on any atom is -0.478 e. The largest absolute Gasteiger partial charge is 0.478 e. The Labute approximate surface area is 85.3 Å². The quantitative estimate of drug-likeness (QED) is 0.563. The number of halogens is 1. The number of aromatic carboxylic acids is 1. The summed E-state index contributed by atoms with van der Waals surface area (Å²) in [6, 6.07) is 4.21. The second-order valence-electron chi connectivity index (χ2n) is 2.38. The predicted molar refractivity (Wildman–Crippen MR) is 51.4 cm³/mol. The highest BCUT2D eigenvalue weighted by molar-refractivity contribution is 6.30. The van der Waals surface area contributed by atoms with Crippen molar-refractivity contribution in [1.29, 1.82) is 0 Å². The number of carboxylic acid groups (broad SMARTS) is 1. The van der Waals surface area contributed by atoms with E-state index in [1.807, 2.05) is 0 Å². The Hall–Kier alpha value is -1.79. The molecule has 0 aliphatic rings. The molecule has 1 aromatic rings. The van der Waals surface area contributed by atoms with Crippen LogP contribution in [0.25, 0.3) is 0 Å². The van der Waals surface area contributed by atoms with Gasteiger partial charge in [-0.2, -0.15) is 0 Å². The monoisotopic (exact) mass is 208 g/mol. The summed E-state index contributed by atoms with van der Waals surface area (Å²) in [4.78, 5) is 20.7. The van der Waals surface area contributed by atoms with Gasteiger partial charge in [-0.1, -0.05) is 17.5 Å². The van der Waals surface area contributed by atoms with E-state index in [4.69, 9.17) is 16.7 Å². The van der Waals surface area contributed by atoms with E-state index in [1.165, 1.54) is 18.2 Å². The second kappa shape index (κ2) is 4.45. The lowest BCUT2D eigenvalue weighted by Gasteiger charge is -1.98. The van der Waals surface area contributed by atoms with E-state index in [0.29, 0.717) is 11.3 Å². The Morgan fingerprint density at radius 3 is 2.79 bits per heavy atom. The molecule has 0 aliphatic carbocycles. The molecule has 0 aliphatic heterocycles. The molecule has 0 amide bonds. The minimum absolute atomic E-state index is 0.0313. The number of carbonyl (C=O) groups excluding carboxylic acids is 1. The van der Waals surface area contributed by atoms with Crippen LogP contribution in [-0.4, -0.2) is 17.4 Å². The molecule has 14 heavy (non-hydrogen) atoms. The molecule has 0 atom stereocenters. The normalized spacial score (nSPS) is 8.64. The molecular weight excluding hydrogens is 204 g/mol. The zero-order chi connectivity index (χ0) is 10.6. The van der Waals surface area contributed by atoms with Gasteiger partial charge in [-0.3, -0.25) is 4.79 Å². The van der Waals surface area contributed by atoms with Crippen LogP contribution in [0.3, 0.4) is 0 Å². The summed E-state index contributed by atoms with van der Waals surface area (Å²) in [7, 11) is 0. The van der Waals surface area contributed by atoms with E-state index in [-0.39, 0.29) is 11.1 Å². The molecule has 1 aromatic carbocycles. The van der Waals surface area contributed by atoms with Crippen LogP contribution in [0.1, 0.15) is 15.9 Å². The molecule has 0 aromatic heterocycles. The third-order valence-corrected chi connectivity index (χ3v) is 1.71. The van der Waals surface area contributed by atoms with E-state index in [2.05, 4.69) is 11.8 Å². The van der Waals surface area contributed by atoms with Crippen molar-refractivity contribution in [3.8, 4) is 11.8 Å². The van der Waals surface area contributed by atoms with Gasteiger partial charge in [-0.25, -0.2) is 4.79 Å². The molecule has 1 N–H and O–H groups in total. The molecule has 0 heterocycles. The molecule has 70 valence electrons. The van der Waals surface area contributed by atoms with Crippen molar-refractivity contribution in [2.24, 2.45) is 0 Å². The molecule has 3 nitrogen and oxygen atoms in total. The molecule has 0 radical (unpaired) electrons. The fourth-order valence-corrected chi connectivity index (χ4v) is 1.09. The van der Waals surface area contributed by atoms with Gasteiger partial charge in [0, 0.05) is 10.6 Å². The van der Waals surface area contributed by atoms with Crippen LogP contribution in [0.5, 0.6) is 0 Å². The number of aldehydes is 1. The number of benzene rings is 1. The van der Waals surface area contributed by atoms with Gasteiger partial charge in [-0.15, -0.1) is 0 Å². The average molecular weight is 209 g/mol. The number of hydrogen-bond donors (Lipinski definition) is 1. The van der Waals surface area contributed by atoms with E-state index < -0.39 is 5.97 Å². The summed E-state index contributed by atoms with van der Waals surface area (Å²) in [5, 5.41) is 9.14. The Kier molecular flexibility index (Phi) is 3.27. The molecule has 1 rings (SSSR count). The standard InChI is InChI=1S/C10H5ClO3/c11-8-3-4-9(10(13)14)7(6-8)2-1-5-12/h3-6H,(H,13,14). The highest BCUT2D eigenvalue weighted by atomic mass is 35.5. The second-order valence-corrected chi connectivity index (χ2v) is 2.82. The highest BCUT2D eigenvalue weighted by Gasteiger charge is 2.07. The van der Waals surface area contributed by atoms with Gasteiger partial charge >= 0.3 is 5.97 Å². The maximum atomic E-state index is 10.7. The highest BCUT2D eigenvalue weighted by Crippen LogP contribution is 2.15. The predicted octanol–water partition coefficient (Wildman–Crippen LogP) is 1.59. The molecule has 0 saturated carbocycles. The van der Waals surface area contributed by atoms with Gasteiger partial charge < -0.3 is 5.11 Å². The fraction of sp³-hybridized carbons (Fsp3) is 0. The van der Waals surface area contributed by atoms with Crippen LogP contribution >= 0.6 is 11.6 Å². The minimum atomic E-state index is -1.10. The van der Waals surface area contributed by atoms with Gasteiger partial charge in [0.05, 0.1) is 5.56 Å². The third kappa shape index (κ3) is 2.35.